The maximum Gasteiger partial charge on any atom is 0.216 e. The summed E-state index contributed by atoms with van der Waals surface area (Å²) in [5.74, 6) is -1.83. The molecule has 0 aliphatic rings. The van der Waals surface area contributed by atoms with Crippen molar-refractivity contribution in [2.45, 2.75) is 26.6 Å². The van der Waals surface area contributed by atoms with Crippen LogP contribution < -0.4 is 4.57 Å². The van der Waals surface area contributed by atoms with Crippen LogP contribution in [0.1, 0.15) is 48.7 Å². The molecule has 0 amide bonds. The Morgan fingerprint density at radius 3 is 2.62 bits per heavy atom. The molecule has 0 aliphatic carbocycles. The summed E-state index contributed by atoms with van der Waals surface area (Å²) in [7, 11) is 1.74. The van der Waals surface area contributed by atoms with Crippen LogP contribution in [0.2, 0.25) is 0 Å². The van der Waals surface area contributed by atoms with E-state index in [9.17, 15) is 5.26 Å². The smallest absolute Gasteiger partial charge is 0.216 e. The summed E-state index contributed by atoms with van der Waals surface area (Å²) in [6.07, 6.45) is 1.61. The van der Waals surface area contributed by atoms with E-state index in [2.05, 4.69) is 6.07 Å². The third-order valence-electron chi connectivity index (χ3n) is 5.71. The van der Waals surface area contributed by atoms with Crippen LogP contribution in [0.3, 0.4) is 0 Å². The number of aromatic nitrogens is 1. The fourth-order valence-corrected chi connectivity index (χ4v) is 4.12. The topological polar surface area (TPSA) is 40.8 Å². The Morgan fingerprint density at radius 2 is 1.91 bits per heavy atom. The number of nitrogens with zero attached hydrogens (tertiary/aromatic N) is 2. The number of rotatable bonds is 3. The van der Waals surface area contributed by atoms with Gasteiger partial charge in [0.2, 0.25) is 5.69 Å². The molecule has 0 saturated carbocycles. The molecule has 0 fully saturated rings. The van der Waals surface area contributed by atoms with Crippen molar-refractivity contribution in [1.29, 1.82) is 5.26 Å². The van der Waals surface area contributed by atoms with Crippen LogP contribution in [-0.2, 0) is 7.05 Å². The Hall–Kier alpha value is -3.90. The molecule has 5 aromatic rings. The van der Waals surface area contributed by atoms with Gasteiger partial charge in [-0.05, 0) is 42.1 Å². The summed E-state index contributed by atoms with van der Waals surface area (Å²) in [5.41, 5.74) is 3.64. The molecule has 2 aromatic heterocycles. The number of nitriles is 1. The number of furan rings is 1. The SMILES string of the molecule is [2H]c1c([2H])c([2H])c(-c2ccc(C#N)c3c2oc2c(-c4ccc(C([2H])(C)C([2H])([2H])[2H])c[n+]4C)c(C)ccc23)c([2H])c1[2H]. The summed E-state index contributed by atoms with van der Waals surface area (Å²) >= 11 is 0. The van der Waals surface area contributed by atoms with Gasteiger partial charge in [0.1, 0.15) is 18.2 Å². The van der Waals surface area contributed by atoms with Crippen LogP contribution in [0.5, 0.6) is 0 Å². The first-order chi connectivity index (χ1) is 19.1. The molecule has 0 radical (unpaired) electrons. The largest absolute Gasteiger partial charge is 0.454 e. The van der Waals surface area contributed by atoms with Crippen LogP contribution in [0.15, 0.2) is 77.2 Å². The Morgan fingerprint density at radius 1 is 1.09 bits per heavy atom. The molecule has 0 N–H and O–H groups in total. The number of benzene rings is 3. The lowest BCUT2D eigenvalue weighted by Gasteiger charge is -2.08. The number of hydrogen-bond donors (Lipinski definition) is 0. The lowest BCUT2D eigenvalue weighted by Crippen LogP contribution is -2.31. The van der Waals surface area contributed by atoms with E-state index in [0.29, 0.717) is 38.7 Å². The minimum absolute atomic E-state index is 0.0304. The summed E-state index contributed by atoms with van der Waals surface area (Å²) in [4.78, 5) is 0. The van der Waals surface area contributed by atoms with Gasteiger partial charge in [-0.15, -0.1) is 0 Å². The summed E-state index contributed by atoms with van der Waals surface area (Å²) < 4.78 is 81.3. The number of aryl methyl sites for hydroxylation is 2. The molecule has 1 unspecified atom stereocenters. The highest BCUT2D eigenvalue weighted by molar-refractivity contribution is 6.15. The average Bonchev–Trinajstić information content (AvgIpc) is 3.30. The summed E-state index contributed by atoms with van der Waals surface area (Å²) in [5, 5.41) is 11.0. The van der Waals surface area contributed by atoms with Crippen molar-refractivity contribution in [2.75, 3.05) is 0 Å². The molecule has 0 bridgehead atoms. The lowest BCUT2D eigenvalue weighted by atomic mass is 9.96. The molecule has 5 rings (SSSR count). The van der Waals surface area contributed by atoms with Gasteiger partial charge in [-0.25, -0.2) is 4.57 Å². The highest BCUT2D eigenvalue weighted by atomic mass is 16.3. The monoisotopic (exact) mass is 426 g/mol. The highest BCUT2D eigenvalue weighted by Crippen LogP contribution is 2.42. The molecule has 0 aliphatic heterocycles. The van der Waals surface area contributed by atoms with Gasteiger partial charge < -0.3 is 4.42 Å². The first kappa shape index (κ1) is 12.2. The Bertz CT molecular complexity index is 1920. The molecule has 32 heavy (non-hydrogen) atoms. The van der Waals surface area contributed by atoms with Gasteiger partial charge in [-0.3, -0.25) is 0 Å². The van der Waals surface area contributed by atoms with Crippen LogP contribution >= 0.6 is 0 Å². The van der Waals surface area contributed by atoms with Crippen molar-refractivity contribution in [3.63, 3.8) is 0 Å². The zero-order chi connectivity index (χ0) is 30.2. The fraction of sp³-hybridized carbons (Fsp3) is 0.172. The molecule has 156 valence electrons. The normalized spacial score (nSPS) is 17.6. The second-order valence-corrected chi connectivity index (χ2v) is 7.75. The van der Waals surface area contributed by atoms with Crippen molar-refractivity contribution in [2.24, 2.45) is 7.05 Å². The van der Waals surface area contributed by atoms with Crippen molar-refractivity contribution in [3.8, 4) is 28.5 Å². The Balaban J connectivity index is 1.86. The van der Waals surface area contributed by atoms with E-state index in [1.165, 1.54) is 13.0 Å². The third kappa shape index (κ3) is 3.08. The Kier molecular flexibility index (Phi) is 2.92. The molecule has 0 spiro atoms. The summed E-state index contributed by atoms with van der Waals surface area (Å²) in [6, 6.07) is 10.1. The van der Waals surface area contributed by atoms with E-state index < -0.39 is 30.9 Å². The first-order valence-electron chi connectivity index (χ1n) is 14.6. The average molecular weight is 427 g/mol. The van der Waals surface area contributed by atoms with Crippen LogP contribution in [-0.4, -0.2) is 0 Å². The van der Waals surface area contributed by atoms with Crippen LogP contribution in [0, 0.1) is 18.3 Å². The van der Waals surface area contributed by atoms with Gasteiger partial charge in [-0.2, -0.15) is 5.26 Å². The van der Waals surface area contributed by atoms with E-state index in [1.807, 2.05) is 19.1 Å². The highest BCUT2D eigenvalue weighted by Gasteiger charge is 2.23. The van der Waals surface area contributed by atoms with Gasteiger partial charge >= 0.3 is 0 Å². The van der Waals surface area contributed by atoms with Gasteiger partial charge in [0.15, 0.2) is 6.20 Å². The molecule has 2 heterocycles. The predicted molar refractivity (Wildman–Crippen MR) is 129 cm³/mol. The van der Waals surface area contributed by atoms with Crippen molar-refractivity contribution in [3.05, 3.63) is 89.5 Å². The molecule has 3 heteroatoms. The van der Waals surface area contributed by atoms with Crippen LogP contribution in [0.4, 0.5) is 0 Å². The molecule has 1 atom stereocenters. The second kappa shape index (κ2) is 7.66. The molecule has 3 aromatic carbocycles. The first-order valence-corrected chi connectivity index (χ1v) is 10.1. The maximum atomic E-state index is 9.95. The number of pyridine rings is 1. The number of fused-ring (bicyclic) bond motifs is 3. The molecular weight excluding hydrogens is 392 g/mol. The van der Waals surface area contributed by atoms with Crippen molar-refractivity contribution < 1.29 is 21.3 Å². The minimum atomic E-state index is -2.54. The van der Waals surface area contributed by atoms with E-state index in [-0.39, 0.29) is 28.8 Å². The third-order valence-corrected chi connectivity index (χ3v) is 5.71. The second-order valence-electron chi connectivity index (χ2n) is 7.75. The Labute approximate surface area is 200 Å². The van der Waals surface area contributed by atoms with Gasteiger partial charge in [-0.1, -0.05) is 56.1 Å². The maximum absolute atomic E-state index is 9.95. The zero-order valence-corrected chi connectivity index (χ0v) is 17.8. The van der Waals surface area contributed by atoms with Gasteiger partial charge in [0.25, 0.3) is 0 Å². The number of hydrogen-bond acceptors (Lipinski definition) is 2. The molecule has 3 nitrogen and oxygen atoms in total. The van der Waals surface area contributed by atoms with E-state index in [0.717, 1.165) is 5.56 Å². The van der Waals surface area contributed by atoms with E-state index in [4.69, 9.17) is 16.8 Å². The fourth-order valence-electron chi connectivity index (χ4n) is 4.12. The van der Waals surface area contributed by atoms with Crippen molar-refractivity contribution >= 4 is 21.9 Å². The van der Waals surface area contributed by atoms with Crippen LogP contribution in [0.25, 0.3) is 44.3 Å². The lowest BCUT2D eigenvalue weighted by molar-refractivity contribution is -0.660. The van der Waals surface area contributed by atoms with Gasteiger partial charge in [0.05, 0.1) is 24.0 Å². The van der Waals surface area contributed by atoms with E-state index >= 15 is 0 Å². The molecule has 0 saturated heterocycles. The summed E-state index contributed by atoms with van der Waals surface area (Å²) in [6.45, 7) is 0.697. The van der Waals surface area contributed by atoms with Crippen molar-refractivity contribution in [1.82, 2.24) is 0 Å². The quantitative estimate of drug-likeness (QED) is 0.290. The van der Waals surface area contributed by atoms with E-state index in [1.54, 1.807) is 36.0 Å². The molecular formula is C29H25N2O+. The van der Waals surface area contributed by atoms with Gasteiger partial charge in [0, 0.05) is 33.4 Å². The predicted octanol–water partition coefficient (Wildman–Crippen LogP) is 7.05. The standard InChI is InChI=1S/C29H25N2O/c1-18(2)22-12-15-25(31(4)17-22)26-19(3)10-13-24-27-21(16-30)11-14-23(28(27)32-29(24)26)20-8-6-5-7-9-20/h5-15,17-18H,1-4H3/q+1/i1D3,5D,6D,7D,8D,9D,18D. The minimum Gasteiger partial charge on any atom is -0.454 e. The zero-order valence-electron chi connectivity index (χ0n) is 26.8.